The minimum Gasteiger partial charge on any atom is -0.465 e. The van der Waals surface area contributed by atoms with Gasteiger partial charge in [-0.25, -0.2) is 4.79 Å². The summed E-state index contributed by atoms with van der Waals surface area (Å²) in [6.45, 7) is 6.54. The van der Waals surface area contributed by atoms with Gasteiger partial charge in [0.25, 0.3) is 0 Å². The minimum atomic E-state index is -0.510. The van der Waals surface area contributed by atoms with E-state index in [1.54, 1.807) is 24.3 Å². The van der Waals surface area contributed by atoms with Crippen LogP contribution in [0, 0.1) is 0 Å². The zero-order chi connectivity index (χ0) is 25.7. The predicted octanol–water partition coefficient (Wildman–Crippen LogP) is 5.75. The molecule has 0 saturated heterocycles. The lowest BCUT2D eigenvalue weighted by molar-refractivity contribution is -0.113. The highest BCUT2D eigenvalue weighted by molar-refractivity contribution is 7.99. The smallest absolute Gasteiger partial charge is 0.339 e. The molecule has 0 aliphatic rings. The van der Waals surface area contributed by atoms with Gasteiger partial charge in [0.2, 0.25) is 5.91 Å². The van der Waals surface area contributed by atoms with Gasteiger partial charge in [-0.2, -0.15) is 0 Å². The maximum Gasteiger partial charge on any atom is 0.339 e. The van der Waals surface area contributed by atoms with Gasteiger partial charge in [-0.15, -0.1) is 10.2 Å². The van der Waals surface area contributed by atoms with Gasteiger partial charge in [-0.1, -0.05) is 87.1 Å². The Morgan fingerprint density at radius 1 is 0.917 bits per heavy atom. The Kier molecular flexibility index (Phi) is 7.55. The monoisotopic (exact) mass is 500 g/mol. The van der Waals surface area contributed by atoms with Crippen molar-refractivity contribution in [2.75, 3.05) is 18.2 Å². The van der Waals surface area contributed by atoms with Crippen molar-refractivity contribution in [2.24, 2.45) is 0 Å². The molecule has 4 rings (SSSR count). The average Bonchev–Trinajstić information content (AvgIpc) is 3.31. The van der Waals surface area contributed by atoms with Crippen molar-refractivity contribution in [1.29, 1.82) is 0 Å². The number of nitrogens with one attached hydrogen (secondary N) is 1. The number of amides is 1. The molecule has 0 aliphatic carbocycles. The highest BCUT2D eigenvalue weighted by Crippen LogP contribution is 2.30. The fraction of sp³-hybridized carbons (Fsp3) is 0.214. The van der Waals surface area contributed by atoms with Gasteiger partial charge < -0.3 is 10.1 Å². The van der Waals surface area contributed by atoms with Crippen molar-refractivity contribution in [2.45, 2.75) is 31.3 Å². The Bertz CT molecular complexity index is 1360. The van der Waals surface area contributed by atoms with E-state index in [0.717, 1.165) is 11.3 Å². The Hall–Kier alpha value is -3.91. The first-order valence-electron chi connectivity index (χ1n) is 11.5. The van der Waals surface area contributed by atoms with E-state index in [2.05, 4.69) is 60.6 Å². The summed E-state index contributed by atoms with van der Waals surface area (Å²) >= 11 is 1.27. The summed E-state index contributed by atoms with van der Waals surface area (Å²) in [6, 6.07) is 24.9. The van der Waals surface area contributed by atoms with E-state index < -0.39 is 5.97 Å². The number of esters is 1. The van der Waals surface area contributed by atoms with Crippen LogP contribution in [0.5, 0.6) is 0 Å². The number of aromatic nitrogens is 3. The predicted molar refractivity (Wildman–Crippen MR) is 143 cm³/mol. The van der Waals surface area contributed by atoms with E-state index >= 15 is 0 Å². The topological polar surface area (TPSA) is 86.1 Å². The summed E-state index contributed by atoms with van der Waals surface area (Å²) in [4.78, 5) is 24.8. The molecule has 0 bridgehead atoms. The van der Waals surface area contributed by atoms with E-state index in [4.69, 9.17) is 4.74 Å². The summed E-state index contributed by atoms with van der Waals surface area (Å²) < 4.78 is 6.76. The Labute approximate surface area is 214 Å². The van der Waals surface area contributed by atoms with Crippen LogP contribution >= 0.6 is 11.8 Å². The molecule has 0 spiro atoms. The summed E-state index contributed by atoms with van der Waals surface area (Å²) in [5.74, 6) is 0.00354. The lowest BCUT2D eigenvalue weighted by Gasteiger charge is -2.19. The molecule has 1 amide bonds. The van der Waals surface area contributed by atoms with E-state index in [9.17, 15) is 9.59 Å². The molecule has 0 radical (unpaired) electrons. The highest BCUT2D eigenvalue weighted by Gasteiger charge is 2.20. The summed E-state index contributed by atoms with van der Waals surface area (Å²) in [6.07, 6.45) is 0. The highest BCUT2D eigenvalue weighted by atomic mass is 32.2. The second kappa shape index (κ2) is 10.8. The Morgan fingerprint density at radius 3 is 2.25 bits per heavy atom. The van der Waals surface area contributed by atoms with E-state index in [1.807, 2.05) is 34.9 Å². The second-order valence-electron chi connectivity index (χ2n) is 9.18. The van der Waals surface area contributed by atoms with Crippen LogP contribution in [0.3, 0.4) is 0 Å². The van der Waals surface area contributed by atoms with Gasteiger partial charge in [0, 0.05) is 11.3 Å². The quantitative estimate of drug-likeness (QED) is 0.257. The number of nitrogens with zero attached hydrogens (tertiary/aromatic N) is 3. The number of benzene rings is 3. The number of thioether (sulfide) groups is 1. The van der Waals surface area contributed by atoms with Crippen LogP contribution in [-0.4, -0.2) is 39.5 Å². The van der Waals surface area contributed by atoms with Gasteiger partial charge in [0.05, 0.1) is 24.1 Å². The zero-order valence-corrected chi connectivity index (χ0v) is 21.5. The lowest BCUT2D eigenvalue weighted by Crippen LogP contribution is -2.17. The number of anilines is 1. The van der Waals surface area contributed by atoms with Crippen LogP contribution in [0.4, 0.5) is 5.69 Å². The largest absolute Gasteiger partial charge is 0.465 e. The Balaban J connectivity index is 1.59. The molecule has 7 nitrogen and oxygen atoms in total. The average molecular weight is 501 g/mol. The van der Waals surface area contributed by atoms with Crippen LogP contribution in [0.15, 0.2) is 84.0 Å². The van der Waals surface area contributed by atoms with Crippen LogP contribution < -0.4 is 5.32 Å². The van der Waals surface area contributed by atoms with E-state index in [0.29, 0.717) is 22.2 Å². The van der Waals surface area contributed by atoms with Crippen molar-refractivity contribution in [3.8, 4) is 17.1 Å². The molecule has 0 atom stereocenters. The number of carbonyl (C=O) groups is 2. The molecule has 0 saturated carbocycles. The number of methoxy groups -OCH3 is 1. The minimum absolute atomic E-state index is 0.0481. The molecule has 0 aliphatic heterocycles. The number of para-hydroxylation sites is 2. The molecule has 3 aromatic carbocycles. The maximum absolute atomic E-state index is 12.8. The van der Waals surface area contributed by atoms with Gasteiger partial charge >= 0.3 is 5.97 Å². The standard InChI is InChI=1S/C28H28N4O3S/c1-28(2,3)20-16-14-19(15-17-20)25-30-31-27(32(25)21-10-6-5-7-11-21)36-18-24(33)29-23-13-9-8-12-22(23)26(34)35-4/h5-17H,18H2,1-4H3,(H,29,33). The van der Waals surface area contributed by atoms with Crippen LogP contribution in [0.1, 0.15) is 36.7 Å². The molecule has 36 heavy (non-hydrogen) atoms. The third-order valence-corrected chi connectivity index (χ3v) is 6.52. The molecule has 4 aromatic rings. The van der Waals surface area contributed by atoms with Crippen molar-refractivity contribution in [3.63, 3.8) is 0 Å². The third kappa shape index (κ3) is 5.66. The normalized spacial score (nSPS) is 11.2. The Morgan fingerprint density at radius 2 is 1.58 bits per heavy atom. The lowest BCUT2D eigenvalue weighted by atomic mass is 9.87. The second-order valence-corrected chi connectivity index (χ2v) is 10.1. The SMILES string of the molecule is COC(=O)c1ccccc1NC(=O)CSc1nnc(-c2ccc(C(C)(C)C)cc2)n1-c1ccccc1. The first-order valence-corrected chi connectivity index (χ1v) is 12.5. The van der Waals surface area contributed by atoms with Gasteiger partial charge in [0.15, 0.2) is 11.0 Å². The number of rotatable bonds is 7. The van der Waals surface area contributed by atoms with Crippen LogP contribution in [0.2, 0.25) is 0 Å². The van der Waals surface area contributed by atoms with E-state index in [-0.39, 0.29) is 17.1 Å². The summed E-state index contributed by atoms with van der Waals surface area (Å²) in [5.41, 5.74) is 3.81. The third-order valence-electron chi connectivity index (χ3n) is 5.60. The molecule has 184 valence electrons. The van der Waals surface area contributed by atoms with Gasteiger partial charge in [0.1, 0.15) is 0 Å². The zero-order valence-electron chi connectivity index (χ0n) is 20.7. The number of hydrogen-bond donors (Lipinski definition) is 1. The first kappa shape index (κ1) is 25.2. The van der Waals surface area contributed by atoms with Gasteiger partial charge in [-0.05, 0) is 35.2 Å². The van der Waals surface area contributed by atoms with Crippen molar-refractivity contribution >= 4 is 29.3 Å². The first-order chi connectivity index (χ1) is 17.3. The summed E-state index contributed by atoms with van der Waals surface area (Å²) in [5, 5.41) is 12.3. The molecule has 1 aromatic heterocycles. The summed E-state index contributed by atoms with van der Waals surface area (Å²) in [7, 11) is 1.31. The van der Waals surface area contributed by atoms with Crippen molar-refractivity contribution < 1.29 is 14.3 Å². The molecule has 1 N–H and O–H groups in total. The molecule has 1 heterocycles. The van der Waals surface area contributed by atoms with Crippen molar-refractivity contribution in [1.82, 2.24) is 14.8 Å². The van der Waals surface area contributed by atoms with Crippen LogP contribution in [-0.2, 0) is 14.9 Å². The number of hydrogen-bond acceptors (Lipinski definition) is 6. The molecule has 0 fully saturated rings. The van der Waals surface area contributed by atoms with Crippen LogP contribution in [0.25, 0.3) is 17.1 Å². The molecule has 0 unspecified atom stereocenters. The maximum atomic E-state index is 12.8. The molecular weight excluding hydrogens is 472 g/mol. The number of carbonyl (C=O) groups excluding carboxylic acids is 2. The van der Waals surface area contributed by atoms with E-state index in [1.165, 1.54) is 24.4 Å². The molecule has 8 heteroatoms. The fourth-order valence-electron chi connectivity index (χ4n) is 3.68. The fourth-order valence-corrected chi connectivity index (χ4v) is 4.43. The number of ether oxygens (including phenoxy) is 1. The van der Waals surface area contributed by atoms with Gasteiger partial charge in [-0.3, -0.25) is 9.36 Å². The molecular formula is C28H28N4O3S. The van der Waals surface area contributed by atoms with Crippen molar-refractivity contribution in [3.05, 3.63) is 90.0 Å².